The second-order valence-electron chi connectivity index (χ2n) is 5.33. The summed E-state index contributed by atoms with van der Waals surface area (Å²) in [6.45, 7) is 4.98. The van der Waals surface area contributed by atoms with Gasteiger partial charge in [-0.15, -0.1) is 0 Å². The van der Waals surface area contributed by atoms with E-state index in [0.717, 1.165) is 23.8 Å². The fourth-order valence-corrected chi connectivity index (χ4v) is 2.01. The summed E-state index contributed by atoms with van der Waals surface area (Å²) in [5, 5.41) is 0. The number of hydrogen-bond donors (Lipinski definition) is 0. The molecule has 0 aliphatic rings. The molecule has 0 saturated carbocycles. The largest absolute Gasteiger partial charge is 0.372 e. The third-order valence-electron chi connectivity index (χ3n) is 3.26. The number of Topliss-reactive ketones (excluding diaryl/α,β-unsaturated/α-hetero) is 2. The Labute approximate surface area is 136 Å². The Hall–Kier alpha value is -2.36. The van der Waals surface area contributed by atoms with Crippen LogP contribution in [-0.2, 0) is 20.9 Å². The first-order valence-corrected chi connectivity index (χ1v) is 7.62. The maximum atomic E-state index is 11.6. The highest BCUT2D eigenvalue weighted by molar-refractivity contribution is 6.25. The van der Waals surface area contributed by atoms with Crippen LogP contribution in [-0.4, -0.2) is 29.2 Å². The summed E-state index contributed by atoms with van der Waals surface area (Å²) in [4.78, 5) is 25.3. The van der Waals surface area contributed by atoms with E-state index >= 15 is 0 Å². The number of hydrogen-bond acceptors (Lipinski definition) is 3. The van der Waals surface area contributed by atoms with E-state index in [1.807, 2.05) is 30.3 Å². The normalized spacial score (nSPS) is 9.91. The van der Waals surface area contributed by atoms with E-state index in [9.17, 15) is 9.59 Å². The highest BCUT2D eigenvalue weighted by Crippen LogP contribution is 2.09. The molecular formula is C18H22N2O3. The number of carbonyl (C=O) groups is 2. The quantitative estimate of drug-likeness (QED) is 0.257. The van der Waals surface area contributed by atoms with E-state index < -0.39 is 0 Å². The molecule has 0 aliphatic heterocycles. The van der Waals surface area contributed by atoms with Crippen molar-refractivity contribution in [3.8, 4) is 0 Å². The molecule has 0 spiro atoms. The van der Waals surface area contributed by atoms with Crippen molar-refractivity contribution < 1.29 is 19.1 Å². The van der Waals surface area contributed by atoms with E-state index in [0.29, 0.717) is 26.1 Å². The molecule has 0 radical (unpaired) electrons. The van der Waals surface area contributed by atoms with Gasteiger partial charge in [0.25, 0.3) is 0 Å². The number of ketones is 2. The molecule has 0 bridgehead atoms. The Balaban J connectivity index is 2.08. The molecule has 0 heterocycles. The maximum Gasteiger partial charge on any atom is 0.323 e. The van der Waals surface area contributed by atoms with Crippen molar-refractivity contribution in [3.63, 3.8) is 0 Å². The van der Waals surface area contributed by atoms with Crippen molar-refractivity contribution in [2.24, 2.45) is 0 Å². The molecule has 5 heteroatoms. The molecule has 0 aromatic heterocycles. The van der Waals surface area contributed by atoms with Gasteiger partial charge in [-0.05, 0) is 18.4 Å². The molecule has 1 aromatic carbocycles. The van der Waals surface area contributed by atoms with Crippen molar-refractivity contribution in [2.45, 2.75) is 38.7 Å². The molecular weight excluding hydrogens is 292 g/mol. The van der Waals surface area contributed by atoms with Crippen molar-refractivity contribution >= 4 is 17.8 Å². The summed E-state index contributed by atoms with van der Waals surface area (Å²) >= 11 is 0. The number of carbonyl (C=O) groups excluding carboxylic acids is 2. The summed E-state index contributed by atoms with van der Waals surface area (Å²) in [6.07, 6.45) is 2.94. The van der Waals surface area contributed by atoms with Crippen LogP contribution in [0.4, 0.5) is 0 Å². The van der Waals surface area contributed by atoms with E-state index in [1.54, 1.807) is 0 Å². The minimum absolute atomic E-state index is 0.0303. The summed E-state index contributed by atoms with van der Waals surface area (Å²) in [7, 11) is 0. The Morgan fingerprint density at radius 1 is 1.13 bits per heavy atom. The van der Waals surface area contributed by atoms with Crippen molar-refractivity contribution in [3.05, 3.63) is 53.6 Å². The fraction of sp³-hybridized carbons (Fsp3) is 0.389. The SMILES string of the molecule is C=C(CCCC(=O)CCC(=O)C=[N+]=[N-])COCc1ccccc1. The Morgan fingerprint density at radius 2 is 1.87 bits per heavy atom. The summed E-state index contributed by atoms with van der Waals surface area (Å²) < 4.78 is 5.58. The van der Waals surface area contributed by atoms with Crippen LogP contribution in [0, 0.1) is 0 Å². The Morgan fingerprint density at radius 3 is 2.57 bits per heavy atom. The first-order valence-electron chi connectivity index (χ1n) is 7.62. The van der Waals surface area contributed by atoms with E-state index in [1.165, 1.54) is 0 Å². The predicted octanol–water partition coefficient (Wildman–Crippen LogP) is 3.15. The van der Waals surface area contributed by atoms with Gasteiger partial charge in [0.1, 0.15) is 5.78 Å². The van der Waals surface area contributed by atoms with E-state index in [2.05, 4.69) is 11.4 Å². The average Bonchev–Trinajstić information content (AvgIpc) is 2.54. The minimum Gasteiger partial charge on any atom is -0.372 e. The minimum atomic E-state index is -0.348. The Kier molecular flexibility index (Phi) is 9.13. The predicted molar refractivity (Wildman–Crippen MR) is 88.0 cm³/mol. The molecule has 1 rings (SSSR count). The van der Waals surface area contributed by atoms with Crippen LogP contribution in [0.2, 0.25) is 0 Å². The molecule has 0 saturated heterocycles. The zero-order chi connectivity index (χ0) is 16.9. The zero-order valence-corrected chi connectivity index (χ0v) is 13.2. The third-order valence-corrected chi connectivity index (χ3v) is 3.26. The lowest BCUT2D eigenvalue weighted by molar-refractivity contribution is -0.122. The van der Waals surface area contributed by atoms with Gasteiger partial charge in [0.15, 0.2) is 0 Å². The highest BCUT2D eigenvalue weighted by Gasteiger charge is 2.08. The van der Waals surface area contributed by atoms with Crippen LogP contribution in [0.1, 0.15) is 37.7 Å². The Bertz CT molecular complexity index is 575. The summed E-state index contributed by atoms with van der Waals surface area (Å²) in [5.74, 6) is -0.317. The molecule has 0 N–H and O–H groups in total. The van der Waals surface area contributed by atoms with Gasteiger partial charge in [-0.3, -0.25) is 9.59 Å². The van der Waals surface area contributed by atoms with Gasteiger partial charge < -0.3 is 10.3 Å². The second-order valence-corrected chi connectivity index (χ2v) is 5.33. The second kappa shape index (κ2) is 11.2. The average molecular weight is 314 g/mol. The fourth-order valence-electron chi connectivity index (χ4n) is 2.01. The molecule has 23 heavy (non-hydrogen) atoms. The lowest BCUT2D eigenvalue weighted by Crippen LogP contribution is -2.06. The van der Waals surface area contributed by atoms with Gasteiger partial charge in [-0.2, -0.15) is 4.79 Å². The van der Waals surface area contributed by atoms with Crippen molar-refractivity contribution in [2.75, 3.05) is 6.61 Å². The lowest BCUT2D eigenvalue weighted by Gasteiger charge is -2.07. The smallest absolute Gasteiger partial charge is 0.323 e. The lowest BCUT2D eigenvalue weighted by atomic mass is 10.0. The summed E-state index contributed by atoms with van der Waals surface area (Å²) in [5.41, 5.74) is 10.3. The van der Waals surface area contributed by atoms with Gasteiger partial charge in [0.05, 0.1) is 13.2 Å². The zero-order valence-electron chi connectivity index (χ0n) is 13.2. The van der Waals surface area contributed by atoms with Crippen molar-refractivity contribution in [1.29, 1.82) is 0 Å². The topological polar surface area (TPSA) is 79.8 Å². The van der Waals surface area contributed by atoms with Gasteiger partial charge in [0, 0.05) is 19.3 Å². The molecule has 1 aromatic rings. The van der Waals surface area contributed by atoms with Crippen molar-refractivity contribution in [1.82, 2.24) is 0 Å². The molecule has 0 aliphatic carbocycles. The first-order chi connectivity index (χ1) is 11.1. The van der Waals surface area contributed by atoms with Gasteiger partial charge >= 0.3 is 6.21 Å². The molecule has 0 atom stereocenters. The first kappa shape index (κ1) is 18.7. The number of rotatable bonds is 12. The van der Waals surface area contributed by atoms with Crippen LogP contribution in [0.15, 0.2) is 42.5 Å². The third kappa shape index (κ3) is 9.30. The molecule has 122 valence electrons. The summed E-state index contributed by atoms with van der Waals surface area (Å²) in [6, 6.07) is 9.91. The number of benzene rings is 1. The standard InChI is InChI=1S/C18H22N2O3/c1-15(13-23-14-16-7-3-2-4-8-16)6-5-9-17(21)10-11-18(22)12-20-19/h2-4,7-8,12H,1,5-6,9-11,13-14H2. The molecule has 0 amide bonds. The van der Waals surface area contributed by atoms with Crippen LogP contribution in [0.3, 0.4) is 0 Å². The molecule has 0 fully saturated rings. The van der Waals surface area contributed by atoms with Gasteiger partial charge in [-0.25, -0.2) is 0 Å². The number of ether oxygens (including phenoxy) is 1. The monoisotopic (exact) mass is 314 g/mol. The number of nitrogens with zero attached hydrogens (tertiary/aromatic N) is 2. The van der Waals surface area contributed by atoms with Gasteiger partial charge in [-0.1, -0.05) is 42.5 Å². The van der Waals surface area contributed by atoms with Crippen LogP contribution >= 0.6 is 0 Å². The maximum absolute atomic E-state index is 11.6. The molecule has 0 unspecified atom stereocenters. The van der Waals surface area contributed by atoms with E-state index in [4.69, 9.17) is 10.3 Å². The van der Waals surface area contributed by atoms with Gasteiger partial charge in [0.2, 0.25) is 5.78 Å². The van der Waals surface area contributed by atoms with Crippen LogP contribution in [0.25, 0.3) is 5.53 Å². The van der Waals surface area contributed by atoms with Crippen LogP contribution in [0.5, 0.6) is 0 Å². The molecule has 5 nitrogen and oxygen atoms in total. The van der Waals surface area contributed by atoms with E-state index in [-0.39, 0.29) is 24.4 Å². The highest BCUT2D eigenvalue weighted by atomic mass is 16.5. The van der Waals surface area contributed by atoms with Crippen LogP contribution < -0.4 is 0 Å².